The van der Waals surface area contributed by atoms with Crippen LogP contribution in [0.5, 0.6) is 0 Å². The number of hydrogen-bond acceptors (Lipinski definition) is 3. The zero-order valence-electron chi connectivity index (χ0n) is 14.2. The number of carbonyl (C=O) groups is 2. The minimum atomic E-state index is -0.515. The van der Waals surface area contributed by atoms with Crippen LogP contribution in [0.2, 0.25) is 0 Å². The van der Waals surface area contributed by atoms with Gasteiger partial charge in [0.05, 0.1) is 5.56 Å². The first-order chi connectivity index (χ1) is 12.7. The highest BCUT2D eigenvalue weighted by Crippen LogP contribution is 2.19. The lowest BCUT2D eigenvalue weighted by atomic mass is 10.0. The van der Waals surface area contributed by atoms with Crippen molar-refractivity contribution in [2.45, 2.75) is 6.42 Å². The summed E-state index contributed by atoms with van der Waals surface area (Å²) in [6.45, 7) is -0.326. The number of ether oxygens (including phenoxy) is 1. The number of hydrogen-bond donors (Lipinski definition) is 1. The van der Waals surface area contributed by atoms with E-state index < -0.39 is 5.97 Å². The van der Waals surface area contributed by atoms with Crippen LogP contribution in [-0.2, 0) is 16.0 Å². The fourth-order valence-electron chi connectivity index (χ4n) is 2.59. The molecule has 130 valence electrons. The predicted molar refractivity (Wildman–Crippen MR) is 101 cm³/mol. The van der Waals surface area contributed by atoms with Crippen LogP contribution < -0.4 is 5.32 Å². The fourth-order valence-corrected chi connectivity index (χ4v) is 2.59. The van der Waals surface area contributed by atoms with E-state index in [2.05, 4.69) is 5.32 Å². The maximum absolute atomic E-state index is 12.2. The van der Waals surface area contributed by atoms with E-state index in [4.69, 9.17) is 4.74 Å². The van der Waals surface area contributed by atoms with E-state index in [-0.39, 0.29) is 12.5 Å². The fraction of sp³-hybridized carbons (Fsp3) is 0.0909. The number of amides is 1. The highest BCUT2D eigenvalue weighted by atomic mass is 16.5. The van der Waals surface area contributed by atoms with Gasteiger partial charge in [-0.1, -0.05) is 66.7 Å². The molecule has 0 bridgehead atoms. The lowest BCUT2D eigenvalue weighted by molar-refractivity contribution is -0.119. The van der Waals surface area contributed by atoms with Crippen LogP contribution in [0.15, 0.2) is 84.9 Å². The third-order valence-electron chi connectivity index (χ3n) is 3.87. The Morgan fingerprint density at radius 2 is 1.38 bits per heavy atom. The van der Waals surface area contributed by atoms with Gasteiger partial charge in [0, 0.05) is 5.69 Å². The Morgan fingerprint density at radius 1 is 0.769 bits per heavy atom. The second kappa shape index (κ2) is 8.62. The second-order valence-electron chi connectivity index (χ2n) is 5.81. The topological polar surface area (TPSA) is 55.4 Å². The summed E-state index contributed by atoms with van der Waals surface area (Å²) in [4.78, 5) is 24.1. The molecule has 0 saturated carbocycles. The number of carbonyl (C=O) groups excluding carboxylic acids is 2. The van der Waals surface area contributed by atoms with Crippen LogP contribution >= 0.6 is 0 Å². The summed E-state index contributed by atoms with van der Waals surface area (Å²) in [7, 11) is 0. The molecule has 3 aromatic carbocycles. The van der Waals surface area contributed by atoms with Crippen molar-refractivity contribution < 1.29 is 14.3 Å². The molecule has 0 aliphatic carbocycles. The zero-order valence-corrected chi connectivity index (χ0v) is 14.2. The van der Waals surface area contributed by atoms with Gasteiger partial charge in [-0.05, 0) is 35.7 Å². The Morgan fingerprint density at radius 3 is 2.12 bits per heavy atom. The average molecular weight is 345 g/mol. The van der Waals surface area contributed by atoms with Crippen molar-refractivity contribution in [3.63, 3.8) is 0 Å². The molecule has 0 radical (unpaired) electrons. The van der Waals surface area contributed by atoms with Crippen LogP contribution in [0.4, 0.5) is 5.69 Å². The third-order valence-corrected chi connectivity index (χ3v) is 3.87. The number of esters is 1. The molecule has 1 N–H and O–H groups in total. The number of nitrogens with one attached hydrogen (secondary N) is 1. The third kappa shape index (κ3) is 4.80. The second-order valence-corrected chi connectivity index (χ2v) is 5.81. The van der Waals surface area contributed by atoms with Crippen molar-refractivity contribution in [2.75, 3.05) is 11.9 Å². The molecule has 0 atom stereocenters. The summed E-state index contributed by atoms with van der Waals surface area (Å²) in [5, 5.41) is 2.82. The van der Waals surface area contributed by atoms with Crippen LogP contribution in [0.25, 0.3) is 0 Å². The van der Waals surface area contributed by atoms with Gasteiger partial charge in [0.2, 0.25) is 0 Å². The molecule has 4 nitrogen and oxygen atoms in total. The molecule has 4 heteroatoms. The van der Waals surface area contributed by atoms with Gasteiger partial charge in [-0.3, -0.25) is 4.79 Å². The molecule has 3 rings (SSSR count). The Hall–Kier alpha value is -3.40. The van der Waals surface area contributed by atoms with Gasteiger partial charge in [-0.25, -0.2) is 4.79 Å². The van der Waals surface area contributed by atoms with Crippen molar-refractivity contribution in [3.8, 4) is 0 Å². The van der Waals surface area contributed by atoms with Crippen LogP contribution in [0.1, 0.15) is 21.5 Å². The lowest BCUT2D eigenvalue weighted by Crippen LogP contribution is -2.21. The predicted octanol–water partition coefficient (Wildman–Crippen LogP) is 4.07. The molecular formula is C22H19NO3. The largest absolute Gasteiger partial charge is 0.452 e. The number of para-hydroxylation sites is 1. The van der Waals surface area contributed by atoms with Gasteiger partial charge in [-0.15, -0.1) is 0 Å². The van der Waals surface area contributed by atoms with Crippen molar-refractivity contribution in [3.05, 3.63) is 102 Å². The number of anilines is 1. The van der Waals surface area contributed by atoms with Crippen molar-refractivity contribution in [2.24, 2.45) is 0 Å². The highest BCUT2D eigenvalue weighted by Gasteiger charge is 2.11. The summed E-state index contributed by atoms with van der Waals surface area (Å²) >= 11 is 0. The standard InChI is InChI=1S/C22H19NO3/c24-21(16-26-22(25)18-11-5-2-6-12-18)23-20-14-8-7-13-19(20)15-17-9-3-1-4-10-17/h1-14H,15-16H2,(H,23,24). The highest BCUT2D eigenvalue weighted by molar-refractivity contribution is 5.95. The first-order valence-electron chi connectivity index (χ1n) is 8.36. The van der Waals surface area contributed by atoms with Crippen molar-refractivity contribution in [1.29, 1.82) is 0 Å². The molecule has 0 heterocycles. The summed E-state index contributed by atoms with van der Waals surface area (Å²) < 4.78 is 5.07. The Bertz CT molecular complexity index is 876. The lowest BCUT2D eigenvalue weighted by Gasteiger charge is -2.11. The van der Waals surface area contributed by atoms with Gasteiger partial charge in [0.1, 0.15) is 0 Å². The maximum atomic E-state index is 12.2. The van der Waals surface area contributed by atoms with Crippen molar-refractivity contribution >= 4 is 17.6 Å². The summed E-state index contributed by atoms with van der Waals surface area (Å²) in [5.74, 6) is -0.881. The Kier molecular flexibility index (Phi) is 5.78. The van der Waals surface area contributed by atoms with Crippen LogP contribution in [-0.4, -0.2) is 18.5 Å². The average Bonchev–Trinajstić information content (AvgIpc) is 2.69. The molecule has 3 aromatic rings. The van der Waals surface area contributed by atoms with Gasteiger partial charge in [0.15, 0.2) is 6.61 Å². The van der Waals surface area contributed by atoms with E-state index in [1.54, 1.807) is 24.3 Å². The first-order valence-corrected chi connectivity index (χ1v) is 8.36. The normalized spacial score (nSPS) is 10.2. The van der Waals surface area contributed by atoms with Gasteiger partial charge < -0.3 is 10.1 Å². The van der Waals surface area contributed by atoms with Gasteiger partial charge >= 0.3 is 5.97 Å². The molecular weight excluding hydrogens is 326 g/mol. The zero-order chi connectivity index (χ0) is 18.2. The minimum absolute atomic E-state index is 0.326. The van der Waals surface area contributed by atoms with Gasteiger partial charge in [0.25, 0.3) is 5.91 Å². The van der Waals surface area contributed by atoms with Crippen LogP contribution in [0, 0.1) is 0 Å². The van der Waals surface area contributed by atoms with E-state index in [0.717, 1.165) is 16.8 Å². The Balaban J connectivity index is 1.60. The molecule has 26 heavy (non-hydrogen) atoms. The molecule has 0 aliphatic heterocycles. The van der Waals surface area contributed by atoms with E-state index in [9.17, 15) is 9.59 Å². The van der Waals surface area contributed by atoms with Gasteiger partial charge in [-0.2, -0.15) is 0 Å². The Labute approximate surface area is 152 Å². The van der Waals surface area contributed by atoms with E-state index >= 15 is 0 Å². The SMILES string of the molecule is O=C(COC(=O)c1ccccc1)Nc1ccccc1Cc1ccccc1. The molecule has 0 fully saturated rings. The summed E-state index contributed by atoms with van der Waals surface area (Å²) in [5.41, 5.74) is 3.30. The van der Waals surface area contributed by atoms with Crippen LogP contribution in [0.3, 0.4) is 0 Å². The summed E-state index contributed by atoms with van der Waals surface area (Å²) in [6, 6.07) is 26.2. The van der Waals surface area contributed by atoms with E-state index in [0.29, 0.717) is 12.0 Å². The van der Waals surface area contributed by atoms with E-state index in [1.165, 1.54) is 0 Å². The van der Waals surface area contributed by atoms with Crippen molar-refractivity contribution in [1.82, 2.24) is 0 Å². The summed E-state index contributed by atoms with van der Waals surface area (Å²) in [6.07, 6.45) is 0.709. The number of rotatable bonds is 6. The molecule has 0 aliphatic rings. The quantitative estimate of drug-likeness (QED) is 0.685. The number of benzene rings is 3. The smallest absolute Gasteiger partial charge is 0.338 e. The molecule has 1 amide bonds. The molecule has 0 aromatic heterocycles. The van der Waals surface area contributed by atoms with E-state index in [1.807, 2.05) is 60.7 Å². The minimum Gasteiger partial charge on any atom is -0.452 e. The molecule has 0 saturated heterocycles. The molecule has 0 unspecified atom stereocenters. The first kappa shape index (κ1) is 17.4. The monoisotopic (exact) mass is 345 g/mol. The maximum Gasteiger partial charge on any atom is 0.338 e. The molecule has 0 spiro atoms.